The number of carbonyl (C=O) groups excluding carboxylic acids is 1. The summed E-state index contributed by atoms with van der Waals surface area (Å²) in [6, 6.07) is -1.000. The molecule has 0 aromatic rings. The van der Waals surface area contributed by atoms with Crippen LogP contribution in [0.15, 0.2) is 48.6 Å². The lowest BCUT2D eigenvalue weighted by atomic mass is 9.96. The minimum absolute atomic E-state index is 0.230. The van der Waals surface area contributed by atoms with Gasteiger partial charge in [-0.1, -0.05) is 281 Å². The van der Waals surface area contributed by atoms with Crippen molar-refractivity contribution in [3.63, 3.8) is 0 Å². The van der Waals surface area contributed by atoms with E-state index in [0.717, 1.165) is 57.8 Å². The van der Waals surface area contributed by atoms with Gasteiger partial charge in [-0.3, -0.25) is 4.79 Å². The lowest BCUT2D eigenvalue weighted by Crippen LogP contribution is -2.66. The fraction of sp³-hybridized carbons (Fsp3) is 0.885. The summed E-state index contributed by atoms with van der Waals surface area (Å²) in [5, 5.41) is 121. The van der Waals surface area contributed by atoms with Crippen molar-refractivity contribution in [2.45, 2.75) is 413 Å². The van der Waals surface area contributed by atoms with Crippen LogP contribution in [0.3, 0.4) is 0 Å². The van der Waals surface area contributed by atoms with Crippen LogP contribution in [0.25, 0.3) is 0 Å². The number of rotatable bonds is 62. The summed E-state index contributed by atoms with van der Waals surface area (Å²) in [5.41, 5.74) is 0. The molecule has 3 rings (SSSR count). The van der Waals surface area contributed by atoms with Crippen LogP contribution in [0, 0.1) is 0 Å². The van der Waals surface area contributed by atoms with Crippen molar-refractivity contribution in [2.24, 2.45) is 0 Å². The Morgan fingerprint density at radius 1 is 0.361 bits per heavy atom. The molecule has 19 heteroatoms. The lowest BCUT2D eigenvalue weighted by Gasteiger charge is -2.48. The first-order valence-corrected chi connectivity index (χ1v) is 39.4. The maximum absolute atomic E-state index is 13.4. The lowest BCUT2D eigenvalue weighted by molar-refractivity contribution is -0.379. The first-order valence-electron chi connectivity index (χ1n) is 39.4. The first-order chi connectivity index (χ1) is 47.3. The highest BCUT2D eigenvalue weighted by Crippen LogP contribution is 2.33. The molecular formula is C78H143NO18. The van der Waals surface area contributed by atoms with Crippen molar-refractivity contribution in [3.8, 4) is 0 Å². The molecule has 1 amide bonds. The minimum Gasteiger partial charge on any atom is -0.394 e. The van der Waals surface area contributed by atoms with Crippen LogP contribution in [-0.4, -0.2) is 193 Å². The van der Waals surface area contributed by atoms with Crippen LogP contribution < -0.4 is 5.32 Å². The van der Waals surface area contributed by atoms with E-state index in [1.54, 1.807) is 6.08 Å². The second-order valence-electron chi connectivity index (χ2n) is 28.2. The van der Waals surface area contributed by atoms with Crippen LogP contribution >= 0.6 is 0 Å². The zero-order valence-electron chi connectivity index (χ0n) is 60.6. The van der Waals surface area contributed by atoms with Gasteiger partial charge in [0, 0.05) is 6.42 Å². The van der Waals surface area contributed by atoms with E-state index in [1.807, 2.05) is 6.08 Å². The van der Waals surface area contributed by atoms with Crippen molar-refractivity contribution < 1.29 is 89.4 Å². The number of carbonyl (C=O) groups is 1. The van der Waals surface area contributed by atoms with Crippen LogP contribution in [-0.2, 0) is 33.2 Å². The van der Waals surface area contributed by atoms with E-state index in [1.165, 1.54) is 218 Å². The summed E-state index contributed by atoms with van der Waals surface area (Å²) in [6.45, 7) is 1.74. The zero-order chi connectivity index (χ0) is 70.4. The number of aliphatic hydroxyl groups excluding tert-OH is 11. The molecule has 0 aromatic heterocycles. The normalized spacial score (nSPS) is 27.1. The van der Waals surface area contributed by atoms with Gasteiger partial charge in [-0.15, -0.1) is 0 Å². The highest BCUT2D eigenvalue weighted by Gasteiger charge is 2.53. The fourth-order valence-electron chi connectivity index (χ4n) is 13.2. The van der Waals surface area contributed by atoms with Gasteiger partial charge in [-0.05, 0) is 70.6 Å². The first kappa shape index (κ1) is 89.0. The predicted octanol–water partition coefficient (Wildman–Crippen LogP) is 12.5. The molecule has 0 aromatic carbocycles. The third-order valence-electron chi connectivity index (χ3n) is 19.6. The Labute approximate surface area is 586 Å². The molecule has 0 aliphatic carbocycles. The smallest absolute Gasteiger partial charge is 0.220 e. The molecule has 3 heterocycles. The molecule has 12 N–H and O–H groups in total. The van der Waals surface area contributed by atoms with Gasteiger partial charge < -0.3 is 89.9 Å². The molecule has 0 radical (unpaired) electrons. The molecule has 0 spiro atoms. The van der Waals surface area contributed by atoms with Gasteiger partial charge in [-0.2, -0.15) is 0 Å². The van der Waals surface area contributed by atoms with Crippen LogP contribution in [0.2, 0.25) is 0 Å². The third-order valence-corrected chi connectivity index (χ3v) is 19.6. The largest absolute Gasteiger partial charge is 0.394 e. The van der Waals surface area contributed by atoms with E-state index in [2.05, 4.69) is 55.6 Å². The SMILES string of the molecule is CCCCCCCCCC/C=C\CCCCCCCCCCCC(=O)NC(COC1OC(CO)C(OC2OC(CO)C(OC3OC(CO)C(O)C(O)C3O)C(O)C2O)C(O)C1O)C(O)/C=C/CC/C=C/CC/C=C/CCCCCCCCCCCCCCCCCCCCCCC. The Bertz CT molecular complexity index is 1940. The van der Waals surface area contributed by atoms with Gasteiger partial charge in [0.15, 0.2) is 18.9 Å². The Balaban J connectivity index is 1.40. The molecule has 3 fully saturated rings. The Hall–Kier alpha value is -2.25. The van der Waals surface area contributed by atoms with Gasteiger partial charge >= 0.3 is 0 Å². The predicted molar refractivity (Wildman–Crippen MR) is 383 cm³/mol. The summed E-state index contributed by atoms with van der Waals surface area (Å²) in [6.07, 6.45) is 46.8. The quantitative estimate of drug-likeness (QED) is 0.0199. The second kappa shape index (κ2) is 59.2. The van der Waals surface area contributed by atoms with Gasteiger partial charge in [-0.25, -0.2) is 0 Å². The number of aliphatic hydroxyl groups is 11. The zero-order valence-corrected chi connectivity index (χ0v) is 60.6. The van der Waals surface area contributed by atoms with Crippen molar-refractivity contribution in [2.75, 3.05) is 26.4 Å². The molecule has 0 bridgehead atoms. The maximum atomic E-state index is 13.4. The number of unbranched alkanes of at least 4 members (excludes halogenated alkanes) is 40. The molecule has 19 nitrogen and oxygen atoms in total. The average molecular weight is 1380 g/mol. The average Bonchev–Trinajstić information content (AvgIpc) is 0.789. The molecular weight excluding hydrogens is 1240 g/mol. The molecule has 97 heavy (non-hydrogen) atoms. The van der Waals surface area contributed by atoms with E-state index in [9.17, 15) is 61.0 Å². The van der Waals surface area contributed by atoms with Gasteiger partial charge in [0.25, 0.3) is 0 Å². The van der Waals surface area contributed by atoms with Crippen LogP contribution in [0.5, 0.6) is 0 Å². The van der Waals surface area contributed by atoms with Crippen molar-refractivity contribution >= 4 is 5.91 Å². The summed E-state index contributed by atoms with van der Waals surface area (Å²) in [5.74, 6) is -0.289. The molecule has 3 saturated heterocycles. The molecule has 3 aliphatic rings. The van der Waals surface area contributed by atoms with E-state index < -0.39 is 124 Å². The van der Waals surface area contributed by atoms with E-state index >= 15 is 0 Å². The van der Waals surface area contributed by atoms with Crippen molar-refractivity contribution in [1.29, 1.82) is 0 Å². The fourth-order valence-corrected chi connectivity index (χ4v) is 13.2. The molecule has 17 unspecified atom stereocenters. The number of ether oxygens (including phenoxy) is 6. The highest BCUT2D eigenvalue weighted by molar-refractivity contribution is 5.76. The number of amides is 1. The van der Waals surface area contributed by atoms with Crippen LogP contribution in [0.4, 0.5) is 0 Å². The van der Waals surface area contributed by atoms with Gasteiger partial charge in [0.1, 0.15) is 73.2 Å². The molecule has 568 valence electrons. The number of nitrogens with one attached hydrogen (secondary N) is 1. The standard InChI is InChI=1S/C78H143NO18/c1-3-5-7-9-11-13-15-17-19-21-23-25-26-27-28-29-30-31-32-33-34-36-37-39-41-43-45-47-49-51-53-55-62(83)61(79-66(84)56-54-52-50-48-46-44-42-40-38-35-24-22-20-18-16-14-12-10-8-6-4-2)60-92-76-72(90)69(87)74(64(58-81)94-76)97-78-73(91)70(88)75(65(59-82)95-78)96-77-71(89)68(86)67(85)63(57-80)93-77/h22,24,37,39,45,47,53,55,61-65,67-78,80-83,85-91H,3-21,23,25-36,38,40-44,46,48-52,54,56-60H2,1-2H3,(H,79,84)/b24-22-,39-37+,47-45+,55-53+. The second-order valence-corrected chi connectivity index (χ2v) is 28.2. The van der Waals surface area contributed by atoms with Crippen LogP contribution in [0.1, 0.15) is 309 Å². The molecule has 3 aliphatic heterocycles. The topological polar surface area (TPSA) is 307 Å². The van der Waals surface area contributed by atoms with E-state index in [-0.39, 0.29) is 18.9 Å². The Morgan fingerprint density at radius 2 is 0.660 bits per heavy atom. The Kier molecular flexibility index (Phi) is 54.3. The maximum Gasteiger partial charge on any atom is 0.220 e. The Morgan fingerprint density at radius 3 is 1.03 bits per heavy atom. The van der Waals surface area contributed by atoms with Gasteiger partial charge in [0.2, 0.25) is 5.91 Å². The summed E-state index contributed by atoms with van der Waals surface area (Å²) in [7, 11) is 0. The minimum atomic E-state index is -1.98. The van der Waals surface area contributed by atoms with Crippen molar-refractivity contribution in [1.82, 2.24) is 5.32 Å². The molecule has 17 atom stereocenters. The third kappa shape index (κ3) is 39.8. The van der Waals surface area contributed by atoms with E-state index in [4.69, 9.17) is 28.4 Å². The van der Waals surface area contributed by atoms with Crippen molar-refractivity contribution in [3.05, 3.63) is 48.6 Å². The number of hydrogen-bond donors (Lipinski definition) is 12. The van der Waals surface area contributed by atoms with E-state index in [0.29, 0.717) is 12.8 Å². The molecule has 0 saturated carbocycles. The van der Waals surface area contributed by atoms with Gasteiger partial charge in [0.05, 0.1) is 38.6 Å². The highest BCUT2D eigenvalue weighted by atomic mass is 16.8. The summed E-state index contributed by atoms with van der Waals surface area (Å²) in [4.78, 5) is 13.4. The summed E-state index contributed by atoms with van der Waals surface area (Å²) < 4.78 is 34.4. The number of allylic oxidation sites excluding steroid dienone is 7. The summed E-state index contributed by atoms with van der Waals surface area (Å²) >= 11 is 0. The monoisotopic (exact) mass is 1380 g/mol. The number of hydrogen-bond acceptors (Lipinski definition) is 18.